The van der Waals surface area contributed by atoms with Crippen LogP contribution in [0.1, 0.15) is 49.9 Å². The summed E-state index contributed by atoms with van der Waals surface area (Å²) in [5.41, 5.74) is 33.0. The van der Waals surface area contributed by atoms with Crippen molar-refractivity contribution in [1.29, 1.82) is 0 Å². The van der Waals surface area contributed by atoms with Gasteiger partial charge in [0.25, 0.3) is 0 Å². The second kappa shape index (κ2) is 22.4. The number of aromatic nitrogens is 6. The Kier molecular flexibility index (Phi) is 12.6. The Morgan fingerprint density at radius 3 is 1.04 bits per heavy atom. The molecule has 506 valence electrons. The molecule has 0 bridgehead atoms. The summed E-state index contributed by atoms with van der Waals surface area (Å²) in [7, 11) is 0. The first-order chi connectivity index (χ1) is 53.1. The van der Waals surface area contributed by atoms with Crippen LogP contribution in [0.25, 0.3) is 199 Å². The van der Waals surface area contributed by atoms with E-state index >= 15 is 0 Å². The van der Waals surface area contributed by atoms with Crippen molar-refractivity contribution in [2.24, 2.45) is 0 Å². The topological polar surface area (TPSA) is 45.5 Å². The molecule has 5 aromatic heterocycles. The van der Waals surface area contributed by atoms with Crippen molar-refractivity contribution in [3.8, 4) is 89.9 Å². The van der Waals surface area contributed by atoms with Gasteiger partial charge in [0, 0.05) is 98.6 Å². The zero-order valence-electron chi connectivity index (χ0n) is 60.0. The normalized spacial score (nSPS) is 13.5. The zero-order valence-corrected chi connectivity index (χ0v) is 60.0. The lowest BCUT2D eigenvalue weighted by Gasteiger charge is -2.22. The van der Waals surface area contributed by atoms with E-state index in [1.165, 1.54) is 143 Å². The van der Waals surface area contributed by atoms with Gasteiger partial charge in [-0.1, -0.05) is 240 Å². The molecule has 16 aromatic carbocycles. The molecule has 0 saturated heterocycles. The highest BCUT2D eigenvalue weighted by Gasteiger charge is 2.37. The van der Waals surface area contributed by atoms with Crippen LogP contribution in [0.4, 0.5) is 0 Å². The number of para-hydroxylation sites is 4. The molecule has 23 rings (SSSR count). The third-order valence-corrected chi connectivity index (χ3v) is 24.4. The molecule has 2 aliphatic rings. The standard InChI is InChI=1S/C102H68N6/c1-101(2)86-30-13-7-24-73(86)75-48-45-70(59-88(75)101)107-92-34-17-11-28-79(92)84-57-65(41-52-96(84)107)63-39-50-94-82(55-63)77-26-9-15-32-90(77)105(94)68-43-36-62(37-44-68)98-81-47-38-61-20-5-6-23-72(61)99(81)104-100(103-98)67-21-19-22-69(54-67)106-91-33-16-10-27-78(91)83-56-64(40-51-95(83)106)66-42-53-97-85(58-66)80-29-12-18-35-93(80)108(97)71-46-49-76-74-25-8-14-31-87(74)102(3,4)89(76)60-71/h5-60H,1-4H3. The minimum absolute atomic E-state index is 0.0978. The first kappa shape index (κ1) is 60.7. The highest BCUT2D eigenvalue weighted by molar-refractivity contribution is 6.16. The molecule has 0 saturated carbocycles. The van der Waals surface area contributed by atoms with Crippen LogP contribution in [0, 0.1) is 0 Å². The van der Waals surface area contributed by atoms with Crippen LogP contribution in [0.5, 0.6) is 0 Å². The molecule has 0 radical (unpaired) electrons. The van der Waals surface area contributed by atoms with E-state index in [4.69, 9.17) is 9.97 Å². The van der Waals surface area contributed by atoms with Crippen molar-refractivity contribution in [1.82, 2.24) is 28.2 Å². The van der Waals surface area contributed by atoms with E-state index < -0.39 is 0 Å². The zero-order chi connectivity index (χ0) is 71.4. The smallest absolute Gasteiger partial charge is 0.160 e. The predicted molar refractivity (Wildman–Crippen MR) is 451 cm³/mol. The van der Waals surface area contributed by atoms with Crippen molar-refractivity contribution >= 4 is 109 Å². The summed E-state index contributed by atoms with van der Waals surface area (Å²) in [6.45, 7) is 9.45. The Bertz CT molecular complexity index is 7490. The van der Waals surface area contributed by atoms with Crippen LogP contribution < -0.4 is 0 Å². The Hall–Kier alpha value is -13.7. The Morgan fingerprint density at radius 2 is 0.574 bits per heavy atom. The molecule has 0 atom stereocenters. The molecule has 2 aliphatic carbocycles. The van der Waals surface area contributed by atoms with Crippen LogP contribution >= 0.6 is 0 Å². The van der Waals surface area contributed by atoms with E-state index in [-0.39, 0.29) is 10.8 Å². The summed E-state index contributed by atoms with van der Waals surface area (Å²) in [5.74, 6) is 0.670. The molecule has 0 aliphatic heterocycles. The molecule has 6 nitrogen and oxygen atoms in total. The lowest BCUT2D eigenvalue weighted by atomic mass is 9.82. The van der Waals surface area contributed by atoms with Gasteiger partial charge in [-0.3, -0.25) is 0 Å². The maximum Gasteiger partial charge on any atom is 0.160 e. The first-order valence-corrected chi connectivity index (χ1v) is 37.6. The maximum atomic E-state index is 5.60. The van der Waals surface area contributed by atoms with Gasteiger partial charge in [-0.2, -0.15) is 0 Å². The van der Waals surface area contributed by atoms with E-state index in [0.717, 1.165) is 71.9 Å². The van der Waals surface area contributed by atoms with Gasteiger partial charge < -0.3 is 18.3 Å². The monoisotopic (exact) mass is 1380 g/mol. The fourth-order valence-corrected chi connectivity index (χ4v) is 19.2. The summed E-state index contributed by atoms with van der Waals surface area (Å²) in [4.78, 5) is 11.1. The van der Waals surface area contributed by atoms with Gasteiger partial charge >= 0.3 is 0 Å². The SMILES string of the molecule is CC1(C)c2ccccc2-c2ccc(-n3c4ccccc4c4cc(-c5ccc6c(c5)c5ccccc5n6-c5ccc(-c6nc(-c7cccc(-n8c9ccccc9c9cc(-c%10ccc%11c(c%10)c%10ccccc%10n%11-c%10ccc%11c(c%10)C(C)(C)c%10ccccc%10-%11)ccc98)c7)nc7c6ccc6ccccc67)cc5)ccc43)cc21. The molecular formula is C102H68N6. The van der Waals surface area contributed by atoms with E-state index in [1.807, 2.05) is 0 Å². The van der Waals surface area contributed by atoms with Gasteiger partial charge in [0.2, 0.25) is 0 Å². The highest BCUT2D eigenvalue weighted by Crippen LogP contribution is 2.52. The average molecular weight is 1380 g/mol. The molecule has 0 spiro atoms. The molecule has 21 aromatic rings. The molecule has 6 heteroatoms. The lowest BCUT2D eigenvalue weighted by molar-refractivity contribution is 0.660. The van der Waals surface area contributed by atoms with Crippen molar-refractivity contribution in [2.45, 2.75) is 38.5 Å². The number of hydrogen-bond donors (Lipinski definition) is 0. The molecule has 0 N–H and O–H groups in total. The highest BCUT2D eigenvalue weighted by atomic mass is 15.0. The van der Waals surface area contributed by atoms with Crippen LogP contribution in [0.2, 0.25) is 0 Å². The third kappa shape index (κ3) is 8.65. The molecule has 0 fully saturated rings. The lowest BCUT2D eigenvalue weighted by Crippen LogP contribution is -2.15. The second-order valence-electron chi connectivity index (χ2n) is 30.8. The predicted octanol–water partition coefficient (Wildman–Crippen LogP) is 26.5. The molecule has 108 heavy (non-hydrogen) atoms. The third-order valence-electron chi connectivity index (χ3n) is 24.4. The summed E-state index contributed by atoms with van der Waals surface area (Å²) >= 11 is 0. The maximum absolute atomic E-state index is 5.60. The summed E-state index contributed by atoms with van der Waals surface area (Å²) in [6, 6.07) is 126. The average Bonchev–Trinajstić information content (AvgIpc) is 1.64. The van der Waals surface area contributed by atoms with Gasteiger partial charge in [0.15, 0.2) is 5.82 Å². The minimum Gasteiger partial charge on any atom is -0.309 e. The molecule has 0 unspecified atom stereocenters. The van der Waals surface area contributed by atoms with Crippen LogP contribution in [-0.4, -0.2) is 28.2 Å². The summed E-state index contributed by atoms with van der Waals surface area (Å²) in [5, 5.41) is 13.0. The number of fused-ring (bicyclic) bond motifs is 21. The minimum atomic E-state index is -0.101. The number of nitrogens with zero attached hydrogens (tertiary/aromatic N) is 6. The van der Waals surface area contributed by atoms with Gasteiger partial charge in [-0.25, -0.2) is 9.97 Å². The van der Waals surface area contributed by atoms with Crippen LogP contribution in [-0.2, 0) is 10.8 Å². The molecule has 5 heterocycles. The van der Waals surface area contributed by atoms with Gasteiger partial charge in [0.1, 0.15) is 0 Å². The molecule has 0 amide bonds. The Balaban J connectivity index is 0.592. The number of benzene rings is 16. The van der Waals surface area contributed by atoms with E-state index in [0.29, 0.717) is 5.82 Å². The fraction of sp³-hybridized carbons (Fsp3) is 0.0588. The second-order valence-corrected chi connectivity index (χ2v) is 30.8. The summed E-state index contributed by atoms with van der Waals surface area (Å²) in [6.07, 6.45) is 0. The number of hydrogen-bond acceptors (Lipinski definition) is 2. The molecular weight excluding hydrogens is 1310 g/mol. The largest absolute Gasteiger partial charge is 0.309 e. The van der Waals surface area contributed by atoms with Crippen molar-refractivity contribution in [3.63, 3.8) is 0 Å². The summed E-state index contributed by atoms with van der Waals surface area (Å²) < 4.78 is 9.74. The van der Waals surface area contributed by atoms with E-state index in [1.54, 1.807) is 0 Å². The Morgan fingerprint density at radius 1 is 0.213 bits per heavy atom. The quantitative estimate of drug-likeness (QED) is 0.142. The van der Waals surface area contributed by atoms with Crippen molar-refractivity contribution in [3.05, 3.63) is 362 Å². The number of rotatable bonds is 8. The fourth-order valence-electron chi connectivity index (χ4n) is 19.2. The van der Waals surface area contributed by atoms with Crippen LogP contribution in [0.15, 0.2) is 340 Å². The van der Waals surface area contributed by atoms with Crippen molar-refractivity contribution < 1.29 is 0 Å². The van der Waals surface area contributed by atoms with E-state index in [2.05, 4.69) is 386 Å². The van der Waals surface area contributed by atoms with Crippen molar-refractivity contribution in [2.75, 3.05) is 0 Å². The van der Waals surface area contributed by atoms with Gasteiger partial charge in [-0.05, 0) is 200 Å². The van der Waals surface area contributed by atoms with Gasteiger partial charge in [-0.15, -0.1) is 0 Å². The van der Waals surface area contributed by atoms with E-state index in [9.17, 15) is 0 Å². The van der Waals surface area contributed by atoms with Crippen LogP contribution in [0.3, 0.4) is 0 Å². The first-order valence-electron chi connectivity index (χ1n) is 37.6. The Labute approximate surface area is 623 Å². The van der Waals surface area contributed by atoms with Gasteiger partial charge in [0.05, 0.1) is 55.3 Å².